The normalized spacial score (nSPS) is 10.3. The molecule has 0 aliphatic rings. The fraction of sp³-hybridized carbons (Fsp3) is 0.100. The molecule has 1 aromatic heterocycles. The Labute approximate surface area is 76.2 Å². The smallest absolute Gasteiger partial charge is 0.0703 e. The van der Waals surface area contributed by atoms with E-state index in [9.17, 15) is 5.21 Å². The third-order valence-electron chi connectivity index (χ3n) is 1.96. The van der Waals surface area contributed by atoms with E-state index in [1.165, 1.54) is 0 Å². The van der Waals surface area contributed by atoms with E-state index in [4.69, 9.17) is 0 Å². The van der Waals surface area contributed by atoms with E-state index in [1.807, 2.05) is 30.3 Å². The number of hydrogen-bond donors (Lipinski definition) is 1. The van der Waals surface area contributed by atoms with E-state index in [1.54, 1.807) is 13.2 Å². The monoisotopic (exact) mass is 174 g/mol. The number of aromatic nitrogens is 1. The summed E-state index contributed by atoms with van der Waals surface area (Å²) in [6.07, 6.45) is 1.75. The molecule has 0 unspecified atom stereocenters. The summed E-state index contributed by atoms with van der Waals surface area (Å²) in [6, 6.07) is 9.45. The van der Waals surface area contributed by atoms with Gasteiger partial charge in [0.15, 0.2) is 0 Å². The molecule has 0 saturated carbocycles. The Bertz CT molecular complexity index is 426. The van der Waals surface area contributed by atoms with Crippen LogP contribution in [-0.4, -0.2) is 17.2 Å². The van der Waals surface area contributed by atoms with Crippen molar-refractivity contribution in [3.63, 3.8) is 0 Å². The summed E-state index contributed by atoms with van der Waals surface area (Å²) < 4.78 is 0. The Morgan fingerprint density at radius 2 is 2.15 bits per heavy atom. The standard InChI is InChI=1S/C10H10N2O/c1-12(13)9-4-5-10-8(7-9)3-2-6-11-10/h2-7,13H,1H3. The van der Waals surface area contributed by atoms with Crippen LogP contribution in [0.2, 0.25) is 0 Å². The van der Waals surface area contributed by atoms with Gasteiger partial charge in [-0.3, -0.25) is 15.3 Å². The number of rotatable bonds is 1. The molecule has 0 aliphatic carbocycles. The Morgan fingerprint density at radius 3 is 2.92 bits per heavy atom. The number of pyridine rings is 1. The summed E-state index contributed by atoms with van der Waals surface area (Å²) in [4.78, 5) is 4.18. The first-order valence-corrected chi connectivity index (χ1v) is 4.05. The van der Waals surface area contributed by atoms with Gasteiger partial charge in [0.2, 0.25) is 0 Å². The van der Waals surface area contributed by atoms with Crippen LogP contribution in [0.1, 0.15) is 0 Å². The highest BCUT2D eigenvalue weighted by molar-refractivity contribution is 5.82. The average Bonchev–Trinajstić information content (AvgIpc) is 2.17. The second-order valence-corrected chi connectivity index (χ2v) is 2.90. The maximum atomic E-state index is 9.20. The van der Waals surface area contributed by atoms with Crippen LogP contribution in [0.4, 0.5) is 5.69 Å². The number of anilines is 1. The highest BCUT2D eigenvalue weighted by Gasteiger charge is 1.98. The van der Waals surface area contributed by atoms with Crippen LogP contribution < -0.4 is 5.06 Å². The zero-order valence-electron chi connectivity index (χ0n) is 7.31. The summed E-state index contributed by atoms with van der Waals surface area (Å²) in [6.45, 7) is 0. The van der Waals surface area contributed by atoms with Gasteiger partial charge in [-0.1, -0.05) is 6.07 Å². The minimum atomic E-state index is 0.764. The molecule has 0 amide bonds. The van der Waals surface area contributed by atoms with E-state index in [-0.39, 0.29) is 0 Å². The number of benzene rings is 1. The lowest BCUT2D eigenvalue weighted by molar-refractivity contribution is 0.279. The number of nitrogens with zero attached hydrogens (tertiary/aromatic N) is 2. The van der Waals surface area contributed by atoms with Gasteiger partial charge in [-0.2, -0.15) is 0 Å². The minimum absolute atomic E-state index is 0.764. The van der Waals surface area contributed by atoms with Crippen LogP contribution in [0.3, 0.4) is 0 Å². The van der Waals surface area contributed by atoms with Crippen molar-refractivity contribution >= 4 is 16.6 Å². The predicted octanol–water partition coefficient (Wildman–Crippen LogP) is 2.06. The molecule has 1 N–H and O–H groups in total. The summed E-state index contributed by atoms with van der Waals surface area (Å²) >= 11 is 0. The molecule has 0 radical (unpaired) electrons. The zero-order chi connectivity index (χ0) is 9.26. The molecule has 0 fully saturated rings. The summed E-state index contributed by atoms with van der Waals surface area (Å²) in [5.41, 5.74) is 1.70. The van der Waals surface area contributed by atoms with Crippen LogP contribution >= 0.6 is 0 Å². The summed E-state index contributed by atoms with van der Waals surface area (Å²) in [5.74, 6) is 0. The van der Waals surface area contributed by atoms with Gasteiger partial charge in [-0.15, -0.1) is 0 Å². The van der Waals surface area contributed by atoms with Gasteiger partial charge < -0.3 is 0 Å². The average molecular weight is 174 g/mol. The highest BCUT2D eigenvalue weighted by atomic mass is 16.5. The van der Waals surface area contributed by atoms with E-state index in [0.717, 1.165) is 21.7 Å². The SMILES string of the molecule is CN(O)c1ccc2ncccc2c1. The third kappa shape index (κ3) is 1.46. The largest absolute Gasteiger partial charge is 0.289 e. The maximum absolute atomic E-state index is 9.20. The fourth-order valence-electron chi connectivity index (χ4n) is 1.26. The van der Waals surface area contributed by atoms with E-state index < -0.39 is 0 Å². The van der Waals surface area contributed by atoms with Crippen LogP contribution in [0.15, 0.2) is 36.5 Å². The Hall–Kier alpha value is -1.61. The van der Waals surface area contributed by atoms with Crippen LogP contribution in [-0.2, 0) is 0 Å². The van der Waals surface area contributed by atoms with Gasteiger partial charge >= 0.3 is 0 Å². The molecule has 1 aromatic carbocycles. The van der Waals surface area contributed by atoms with Gasteiger partial charge in [-0.05, 0) is 24.3 Å². The Morgan fingerprint density at radius 1 is 1.31 bits per heavy atom. The molecule has 2 aromatic rings. The summed E-state index contributed by atoms with van der Waals surface area (Å²) in [5, 5.41) is 11.3. The molecule has 0 atom stereocenters. The molecular weight excluding hydrogens is 164 g/mol. The van der Waals surface area contributed by atoms with Crippen molar-refractivity contribution in [2.45, 2.75) is 0 Å². The van der Waals surface area contributed by atoms with Crippen molar-refractivity contribution in [2.24, 2.45) is 0 Å². The van der Waals surface area contributed by atoms with Gasteiger partial charge in [-0.25, -0.2) is 0 Å². The lowest BCUT2D eigenvalue weighted by Crippen LogP contribution is -2.09. The molecular formula is C10H10N2O. The van der Waals surface area contributed by atoms with E-state index in [0.29, 0.717) is 0 Å². The molecule has 0 saturated heterocycles. The first kappa shape index (κ1) is 8.01. The molecule has 0 aliphatic heterocycles. The lowest BCUT2D eigenvalue weighted by atomic mass is 10.2. The maximum Gasteiger partial charge on any atom is 0.0703 e. The van der Waals surface area contributed by atoms with Gasteiger partial charge in [0.05, 0.1) is 11.2 Å². The van der Waals surface area contributed by atoms with E-state index >= 15 is 0 Å². The molecule has 0 spiro atoms. The second kappa shape index (κ2) is 3.03. The molecule has 3 heteroatoms. The predicted molar refractivity (Wildman–Crippen MR) is 51.9 cm³/mol. The summed E-state index contributed by atoms with van der Waals surface area (Å²) in [7, 11) is 1.59. The quantitative estimate of drug-likeness (QED) is 0.672. The minimum Gasteiger partial charge on any atom is -0.289 e. The van der Waals surface area contributed by atoms with Crippen LogP contribution in [0.25, 0.3) is 10.9 Å². The third-order valence-corrected chi connectivity index (χ3v) is 1.96. The van der Waals surface area contributed by atoms with Crippen molar-refractivity contribution in [2.75, 3.05) is 12.1 Å². The highest BCUT2D eigenvalue weighted by Crippen LogP contribution is 2.18. The molecule has 66 valence electrons. The van der Waals surface area contributed by atoms with Gasteiger partial charge in [0, 0.05) is 18.6 Å². The van der Waals surface area contributed by atoms with Crippen LogP contribution in [0.5, 0.6) is 0 Å². The first-order chi connectivity index (χ1) is 6.27. The second-order valence-electron chi connectivity index (χ2n) is 2.90. The number of fused-ring (bicyclic) bond motifs is 1. The van der Waals surface area contributed by atoms with Crippen molar-refractivity contribution in [1.29, 1.82) is 0 Å². The van der Waals surface area contributed by atoms with Gasteiger partial charge in [0.25, 0.3) is 0 Å². The van der Waals surface area contributed by atoms with Crippen molar-refractivity contribution in [1.82, 2.24) is 4.98 Å². The fourth-order valence-corrected chi connectivity index (χ4v) is 1.26. The lowest BCUT2D eigenvalue weighted by Gasteiger charge is -2.10. The molecule has 1 heterocycles. The van der Waals surface area contributed by atoms with Crippen LogP contribution in [0, 0.1) is 0 Å². The number of hydrogen-bond acceptors (Lipinski definition) is 3. The molecule has 0 bridgehead atoms. The van der Waals surface area contributed by atoms with Gasteiger partial charge in [0.1, 0.15) is 0 Å². The van der Waals surface area contributed by atoms with Crippen molar-refractivity contribution < 1.29 is 5.21 Å². The van der Waals surface area contributed by atoms with E-state index in [2.05, 4.69) is 4.98 Å². The Balaban J connectivity index is 2.62. The molecule has 3 nitrogen and oxygen atoms in total. The molecule has 13 heavy (non-hydrogen) atoms. The zero-order valence-corrected chi connectivity index (χ0v) is 7.31. The van der Waals surface area contributed by atoms with Crippen molar-refractivity contribution in [3.05, 3.63) is 36.5 Å². The van der Waals surface area contributed by atoms with Crippen molar-refractivity contribution in [3.8, 4) is 0 Å². The first-order valence-electron chi connectivity index (χ1n) is 4.05. The molecule has 2 rings (SSSR count). The topological polar surface area (TPSA) is 36.4 Å². The Kier molecular flexibility index (Phi) is 1.87. The number of hydroxylamine groups is 1.